The second-order valence-electron chi connectivity index (χ2n) is 6.59. The Kier molecular flexibility index (Phi) is 8.81. The normalized spacial score (nSPS) is 15.0. The van der Waals surface area contributed by atoms with Crippen LogP contribution < -0.4 is 10.6 Å². The number of carbonyl (C=O) groups is 1. The molecule has 2 N–H and O–H groups in total. The van der Waals surface area contributed by atoms with Gasteiger partial charge in [-0.25, -0.2) is 4.79 Å². The van der Waals surface area contributed by atoms with Crippen molar-refractivity contribution in [1.82, 2.24) is 10.6 Å². The third-order valence-electron chi connectivity index (χ3n) is 3.09. The second kappa shape index (κ2) is 9.19. The topological polar surface area (TPSA) is 59.6 Å². The van der Waals surface area contributed by atoms with Crippen LogP contribution in [0, 0.1) is 11.8 Å². The minimum atomic E-state index is -0.455. The van der Waals surface area contributed by atoms with Crippen molar-refractivity contribution < 1.29 is 14.3 Å². The van der Waals surface area contributed by atoms with E-state index in [9.17, 15) is 4.79 Å². The Labute approximate surface area is 123 Å². The van der Waals surface area contributed by atoms with Crippen LogP contribution in [0.3, 0.4) is 0 Å². The Hall–Kier alpha value is -0.810. The largest absolute Gasteiger partial charge is 0.444 e. The molecule has 0 aliphatic carbocycles. The fraction of sp³-hybridized carbons (Fsp3) is 0.933. The Morgan fingerprint density at radius 3 is 2.15 bits per heavy atom. The molecule has 0 bridgehead atoms. The first-order valence-electron chi connectivity index (χ1n) is 7.36. The molecule has 0 heterocycles. The highest BCUT2D eigenvalue weighted by Gasteiger charge is 2.19. The summed E-state index contributed by atoms with van der Waals surface area (Å²) in [5.74, 6) is 0.849. The molecule has 0 spiro atoms. The Morgan fingerprint density at radius 2 is 1.70 bits per heavy atom. The van der Waals surface area contributed by atoms with Crippen LogP contribution >= 0.6 is 0 Å². The molecular formula is C15H32N2O3. The van der Waals surface area contributed by atoms with Crippen molar-refractivity contribution >= 4 is 6.09 Å². The molecule has 0 aromatic heterocycles. The van der Waals surface area contributed by atoms with Crippen LogP contribution in [-0.4, -0.2) is 44.5 Å². The summed E-state index contributed by atoms with van der Waals surface area (Å²) in [4.78, 5) is 11.6. The van der Waals surface area contributed by atoms with Crippen molar-refractivity contribution in [3.05, 3.63) is 0 Å². The van der Waals surface area contributed by atoms with Gasteiger partial charge in [-0.15, -0.1) is 0 Å². The van der Waals surface area contributed by atoms with E-state index in [2.05, 4.69) is 24.5 Å². The van der Waals surface area contributed by atoms with Gasteiger partial charge in [-0.1, -0.05) is 13.8 Å². The number of amides is 1. The van der Waals surface area contributed by atoms with Gasteiger partial charge in [-0.3, -0.25) is 0 Å². The predicted octanol–water partition coefficient (Wildman–Crippen LogP) is 2.41. The number of hydrogen-bond donors (Lipinski definition) is 2. The van der Waals surface area contributed by atoms with Gasteiger partial charge in [0.1, 0.15) is 5.60 Å². The Bertz CT molecular complexity index is 275. The molecule has 0 saturated carbocycles. The minimum Gasteiger partial charge on any atom is -0.444 e. The average molecular weight is 288 g/mol. The third kappa shape index (κ3) is 10.0. The molecule has 0 radical (unpaired) electrons. The molecule has 1 amide bonds. The molecule has 0 aromatic carbocycles. The molecule has 0 saturated heterocycles. The van der Waals surface area contributed by atoms with Crippen LogP contribution in [-0.2, 0) is 9.47 Å². The molecule has 0 aliphatic rings. The first-order valence-corrected chi connectivity index (χ1v) is 7.36. The van der Waals surface area contributed by atoms with E-state index < -0.39 is 5.60 Å². The van der Waals surface area contributed by atoms with E-state index in [0.717, 1.165) is 13.1 Å². The van der Waals surface area contributed by atoms with Gasteiger partial charge < -0.3 is 20.1 Å². The minimum absolute atomic E-state index is 0.196. The molecule has 2 unspecified atom stereocenters. The average Bonchev–Trinajstić information content (AvgIpc) is 2.30. The van der Waals surface area contributed by atoms with E-state index in [1.54, 1.807) is 7.11 Å². The zero-order valence-corrected chi connectivity index (χ0v) is 14.1. The van der Waals surface area contributed by atoms with Crippen molar-refractivity contribution in [2.45, 2.75) is 53.2 Å². The fourth-order valence-electron chi connectivity index (χ4n) is 1.63. The summed E-state index contributed by atoms with van der Waals surface area (Å²) in [6.07, 6.45) is -0.157. The third-order valence-corrected chi connectivity index (χ3v) is 3.09. The van der Waals surface area contributed by atoms with Crippen LogP contribution in [0.1, 0.15) is 41.5 Å². The molecule has 0 rings (SSSR count). The van der Waals surface area contributed by atoms with Gasteiger partial charge in [-0.05, 0) is 46.1 Å². The van der Waals surface area contributed by atoms with Crippen LogP contribution in [0.15, 0.2) is 0 Å². The number of nitrogens with one attached hydrogen (secondary N) is 2. The predicted molar refractivity (Wildman–Crippen MR) is 81.9 cm³/mol. The molecular weight excluding hydrogens is 256 g/mol. The lowest BCUT2D eigenvalue weighted by Crippen LogP contribution is -2.40. The maximum atomic E-state index is 11.6. The first kappa shape index (κ1) is 19.2. The molecule has 5 heteroatoms. The highest BCUT2D eigenvalue weighted by Crippen LogP contribution is 2.10. The summed E-state index contributed by atoms with van der Waals surface area (Å²) in [5, 5.41) is 6.21. The number of methoxy groups -OCH3 is 1. The van der Waals surface area contributed by atoms with E-state index >= 15 is 0 Å². The summed E-state index contributed by atoms with van der Waals surface area (Å²) in [6, 6.07) is 0. The maximum Gasteiger partial charge on any atom is 0.407 e. The van der Waals surface area contributed by atoms with Crippen LogP contribution in [0.4, 0.5) is 4.79 Å². The van der Waals surface area contributed by atoms with Crippen molar-refractivity contribution in [2.75, 3.05) is 26.7 Å². The summed E-state index contributed by atoms with van der Waals surface area (Å²) in [7, 11) is 1.70. The molecule has 0 aliphatic heterocycles. The standard InChI is InChI=1S/C15H32N2O3/c1-11(2)13(9-16-8-12(3)19-7)10-17-14(18)20-15(4,5)6/h11-13,16H,8-10H2,1-7H3,(H,17,18). The van der Waals surface area contributed by atoms with Gasteiger partial charge in [0.05, 0.1) is 6.10 Å². The van der Waals surface area contributed by atoms with Crippen LogP contribution in [0.5, 0.6) is 0 Å². The van der Waals surface area contributed by atoms with Gasteiger partial charge in [-0.2, -0.15) is 0 Å². The fourth-order valence-corrected chi connectivity index (χ4v) is 1.63. The van der Waals surface area contributed by atoms with Crippen molar-refractivity contribution in [3.63, 3.8) is 0 Å². The molecule has 5 nitrogen and oxygen atoms in total. The van der Waals surface area contributed by atoms with E-state index in [1.807, 2.05) is 27.7 Å². The molecule has 0 fully saturated rings. The highest BCUT2D eigenvalue weighted by molar-refractivity contribution is 5.67. The van der Waals surface area contributed by atoms with Gasteiger partial charge in [0, 0.05) is 20.2 Å². The maximum absolute atomic E-state index is 11.6. The lowest BCUT2D eigenvalue weighted by Gasteiger charge is -2.24. The lowest BCUT2D eigenvalue weighted by atomic mass is 9.96. The van der Waals surface area contributed by atoms with Gasteiger partial charge in [0.25, 0.3) is 0 Å². The summed E-state index contributed by atoms with van der Waals surface area (Å²) in [6.45, 7) is 14.2. The van der Waals surface area contributed by atoms with E-state index in [4.69, 9.17) is 9.47 Å². The number of alkyl carbamates (subject to hydrolysis) is 1. The van der Waals surface area contributed by atoms with E-state index in [-0.39, 0.29) is 12.2 Å². The van der Waals surface area contributed by atoms with Gasteiger partial charge >= 0.3 is 6.09 Å². The SMILES string of the molecule is COC(C)CNCC(CNC(=O)OC(C)(C)C)C(C)C. The Morgan fingerprint density at radius 1 is 1.10 bits per heavy atom. The van der Waals surface area contributed by atoms with Gasteiger partial charge in [0.2, 0.25) is 0 Å². The number of carbonyl (C=O) groups excluding carboxylic acids is 1. The number of hydrogen-bond acceptors (Lipinski definition) is 4. The molecule has 2 atom stereocenters. The lowest BCUT2D eigenvalue weighted by molar-refractivity contribution is 0.0513. The zero-order chi connectivity index (χ0) is 15.8. The Balaban J connectivity index is 4.06. The van der Waals surface area contributed by atoms with E-state index in [0.29, 0.717) is 18.4 Å². The van der Waals surface area contributed by atoms with Crippen LogP contribution in [0.25, 0.3) is 0 Å². The summed E-state index contributed by atoms with van der Waals surface area (Å²) >= 11 is 0. The molecule has 20 heavy (non-hydrogen) atoms. The number of rotatable bonds is 8. The van der Waals surface area contributed by atoms with Crippen molar-refractivity contribution in [2.24, 2.45) is 11.8 Å². The summed E-state index contributed by atoms with van der Waals surface area (Å²) in [5.41, 5.74) is -0.455. The molecule has 0 aromatic rings. The van der Waals surface area contributed by atoms with E-state index in [1.165, 1.54) is 0 Å². The summed E-state index contributed by atoms with van der Waals surface area (Å²) < 4.78 is 10.4. The number of ether oxygens (including phenoxy) is 2. The van der Waals surface area contributed by atoms with Gasteiger partial charge in [0.15, 0.2) is 0 Å². The smallest absolute Gasteiger partial charge is 0.407 e. The van der Waals surface area contributed by atoms with Crippen molar-refractivity contribution in [1.29, 1.82) is 0 Å². The highest BCUT2D eigenvalue weighted by atomic mass is 16.6. The first-order chi connectivity index (χ1) is 9.15. The quantitative estimate of drug-likeness (QED) is 0.720. The monoisotopic (exact) mass is 288 g/mol. The zero-order valence-electron chi connectivity index (χ0n) is 14.1. The van der Waals surface area contributed by atoms with Crippen molar-refractivity contribution in [3.8, 4) is 0 Å². The molecule has 120 valence electrons. The second-order valence-corrected chi connectivity index (χ2v) is 6.59. The van der Waals surface area contributed by atoms with Crippen LogP contribution in [0.2, 0.25) is 0 Å².